The topological polar surface area (TPSA) is 40.5 Å². The van der Waals surface area contributed by atoms with Crippen molar-refractivity contribution in [3.05, 3.63) is 30.3 Å². The molecule has 76 valence electrons. The Morgan fingerprint density at radius 2 is 2.07 bits per heavy atom. The molecule has 0 fully saturated rings. The van der Waals surface area contributed by atoms with Gasteiger partial charge in [-0.1, -0.05) is 34.4 Å². The fraction of sp³-hybridized carbons (Fsp3) is 0.222. The molecule has 0 aliphatic heterocycles. The zero-order valence-corrected chi connectivity index (χ0v) is 8.37. The standard InChI is InChI=1S/C9H10FNO2S/c1-11(10)8(12)9(13)14-7-5-3-2-4-6-7/h2-6,9,13H,1H3. The Morgan fingerprint density at radius 3 is 2.57 bits per heavy atom. The van der Waals surface area contributed by atoms with Gasteiger partial charge in [0, 0.05) is 11.9 Å². The highest BCUT2D eigenvalue weighted by molar-refractivity contribution is 8.00. The maximum atomic E-state index is 12.4. The third-order valence-corrected chi connectivity index (χ3v) is 2.48. The summed E-state index contributed by atoms with van der Waals surface area (Å²) < 4.78 is 12.4. The van der Waals surface area contributed by atoms with Crippen LogP contribution >= 0.6 is 11.8 Å². The van der Waals surface area contributed by atoms with E-state index in [0.717, 1.165) is 23.7 Å². The van der Waals surface area contributed by atoms with Gasteiger partial charge < -0.3 is 5.11 Å². The predicted molar refractivity (Wildman–Crippen MR) is 52.2 cm³/mol. The van der Waals surface area contributed by atoms with Crippen LogP contribution in [0.3, 0.4) is 0 Å². The van der Waals surface area contributed by atoms with Crippen molar-refractivity contribution in [2.45, 2.75) is 10.3 Å². The second kappa shape index (κ2) is 4.97. The second-order valence-corrected chi connectivity index (χ2v) is 3.75. The van der Waals surface area contributed by atoms with Crippen LogP contribution in [-0.4, -0.2) is 28.6 Å². The molecule has 0 aromatic heterocycles. The summed E-state index contributed by atoms with van der Waals surface area (Å²) in [5.74, 6) is -0.959. The van der Waals surface area contributed by atoms with Crippen LogP contribution in [0.4, 0.5) is 4.48 Å². The van der Waals surface area contributed by atoms with Crippen molar-refractivity contribution >= 4 is 17.7 Å². The Labute approximate surface area is 85.5 Å². The zero-order valence-electron chi connectivity index (χ0n) is 7.55. The van der Waals surface area contributed by atoms with Crippen molar-refractivity contribution in [3.63, 3.8) is 0 Å². The number of halogens is 1. The fourth-order valence-corrected chi connectivity index (χ4v) is 1.65. The lowest BCUT2D eigenvalue weighted by Gasteiger charge is -2.11. The lowest BCUT2D eigenvalue weighted by molar-refractivity contribution is -0.147. The number of thioether (sulfide) groups is 1. The highest BCUT2D eigenvalue weighted by atomic mass is 32.2. The molecule has 3 nitrogen and oxygen atoms in total. The number of rotatable bonds is 3. The molecule has 5 heteroatoms. The molecule has 0 aliphatic carbocycles. The van der Waals surface area contributed by atoms with E-state index in [9.17, 15) is 14.4 Å². The predicted octanol–water partition coefficient (Wildman–Crippen LogP) is 1.44. The van der Waals surface area contributed by atoms with E-state index >= 15 is 0 Å². The zero-order chi connectivity index (χ0) is 10.6. The second-order valence-electron chi connectivity index (χ2n) is 2.60. The first-order chi connectivity index (χ1) is 6.61. The lowest BCUT2D eigenvalue weighted by atomic mass is 10.4. The molecule has 0 aliphatic rings. The van der Waals surface area contributed by atoms with E-state index in [1.165, 1.54) is 0 Å². The molecule has 0 saturated heterocycles. The van der Waals surface area contributed by atoms with Crippen molar-refractivity contribution < 1.29 is 14.4 Å². The number of hydrogen-bond donors (Lipinski definition) is 1. The molecular formula is C9H10FNO2S. The van der Waals surface area contributed by atoms with Crippen molar-refractivity contribution in [3.8, 4) is 0 Å². The Hall–Kier alpha value is -1.07. The molecule has 0 bridgehead atoms. The summed E-state index contributed by atoms with van der Waals surface area (Å²) in [5, 5.41) is 9.15. The third-order valence-electron chi connectivity index (χ3n) is 1.51. The van der Waals surface area contributed by atoms with Gasteiger partial charge in [-0.25, -0.2) is 0 Å². The van der Waals surface area contributed by atoms with E-state index in [2.05, 4.69) is 0 Å². The van der Waals surface area contributed by atoms with Crippen molar-refractivity contribution in [2.75, 3.05) is 7.05 Å². The van der Waals surface area contributed by atoms with Crippen LogP contribution in [-0.2, 0) is 4.79 Å². The third kappa shape index (κ3) is 3.01. The van der Waals surface area contributed by atoms with Gasteiger partial charge in [-0.05, 0) is 12.1 Å². The normalized spacial score (nSPS) is 12.2. The first-order valence-corrected chi connectivity index (χ1v) is 4.82. The molecule has 1 amide bonds. The molecule has 1 rings (SSSR count). The Kier molecular flexibility index (Phi) is 3.91. The van der Waals surface area contributed by atoms with Crippen LogP contribution < -0.4 is 0 Å². The SMILES string of the molecule is CN(F)C(=O)C(O)Sc1ccccc1. The molecule has 14 heavy (non-hydrogen) atoms. The lowest BCUT2D eigenvalue weighted by Crippen LogP contribution is -2.28. The average Bonchev–Trinajstić information content (AvgIpc) is 2.18. The van der Waals surface area contributed by atoms with Gasteiger partial charge in [-0.2, -0.15) is 5.12 Å². The van der Waals surface area contributed by atoms with Gasteiger partial charge in [0.15, 0.2) is 5.44 Å². The number of nitrogens with zero attached hydrogens (tertiary/aromatic N) is 1. The monoisotopic (exact) mass is 215 g/mol. The average molecular weight is 215 g/mol. The molecule has 1 N–H and O–H groups in total. The van der Waals surface area contributed by atoms with E-state index in [1.807, 2.05) is 6.07 Å². The Bertz CT molecular complexity index is 305. The molecule has 0 spiro atoms. The van der Waals surface area contributed by atoms with Crippen molar-refractivity contribution in [2.24, 2.45) is 0 Å². The van der Waals surface area contributed by atoms with Gasteiger partial charge in [0.25, 0.3) is 5.91 Å². The van der Waals surface area contributed by atoms with Gasteiger partial charge in [0.2, 0.25) is 0 Å². The molecule has 0 heterocycles. The van der Waals surface area contributed by atoms with Crippen LogP contribution in [0.25, 0.3) is 0 Å². The quantitative estimate of drug-likeness (QED) is 0.471. The molecule has 1 unspecified atom stereocenters. The van der Waals surface area contributed by atoms with Gasteiger partial charge in [0.05, 0.1) is 0 Å². The molecule has 1 aromatic rings. The van der Waals surface area contributed by atoms with Crippen LogP contribution in [0.1, 0.15) is 0 Å². The first-order valence-electron chi connectivity index (χ1n) is 3.94. The van der Waals surface area contributed by atoms with E-state index in [-0.39, 0.29) is 5.12 Å². The summed E-state index contributed by atoms with van der Waals surface area (Å²) in [5.41, 5.74) is -1.40. The smallest absolute Gasteiger partial charge is 0.289 e. The number of hydrogen-bond acceptors (Lipinski definition) is 3. The highest BCUT2D eigenvalue weighted by Gasteiger charge is 2.20. The number of carbonyl (C=O) groups is 1. The van der Waals surface area contributed by atoms with Gasteiger partial charge >= 0.3 is 0 Å². The van der Waals surface area contributed by atoms with E-state index in [4.69, 9.17) is 0 Å². The highest BCUT2D eigenvalue weighted by Crippen LogP contribution is 2.22. The number of likely N-dealkylation sites (N-methyl/N-ethyl adjacent to an activating group) is 1. The van der Waals surface area contributed by atoms with E-state index in [0.29, 0.717) is 0 Å². The first kappa shape index (κ1) is 11.0. The number of benzene rings is 1. The fourth-order valence-electron chi connectivity index (χ4n) is 0.831. The molecule has 1 aromatic carbocycles. The van der Waals surface area contributed by atoms with Crippen molar-refractivity contribution in [1.29, 1.82) is 0 Å². The molecule has 0 radical (unpaired) electrons. The van der Waals surface area contributed by atoms with Crippen LogP contribution in [0.15, 0.2) is 35.2 Å². The van der Waals surface area contributed by atoms with Gasteiger partial charge in [-0.15, -0.1) is 0 Å². The maximum Gasteiger partial charge on any atom is 0.289 e. The largest absolute Gasteiger partial charge is 0.373 e. The van der Waals surface area contributed by atoms with Crippen LogP contribution in [0, 0.1) is 0 Å². The van der Waals surface area contributed by atoms with E-state index in [1.54, 1.807) is 24.3 Å². The maximum absolute atomic E-state index is 12.4. The summed E-state index contributed by atoms with van der Waals surface area (Å²) in [6, 6.07) is 8.84. The van der Waals surface area contributed by atoms with Gasteiger partial charge in [0.1, 0.15) is 0 Å². The summed E-state index contributed by atoms with van der Waals surface area (Å²) in [6.45, 7) is 0. The minimum atomic E-state index is -1.40. The van der Waals surface area contributed by atoms with Gasteiger partial charge in [-0.3, -0.25) is 4.79 Å². The number of aliphatic hydroxyl groups is 1. The Morgan fingerprint density at radius 1 is 1.50 bits per heavy atom. The summed E-state index contributed by atoms with van der Waals surface area (Å²) in [4.78, 5) is 11.6. The number of carbonyl (C=O) groups excluding carboxylic acids is 1. The van der Waals surface area contributed by atoms with Crippen LogP contribution in [0.5, 0.6) is 0 Å². The summed E-state index contributed by atoms with van der Waals surface area (Å²) in [6.07, 6.45) is 0. The van der Waals surface area contributed by atoms with E-state index < -0.39 is 11.3 Å². The molecule has 0 saturated carbocycles. The number of aliphatic hydroxyl groups excluding tert-OH is 1. The summed E-state index contributed by atoms with van der Waals surface area (Å²) >= 11 is 0.904. The summed E-state index contributed by atoms with van der Waals surface area (Å²) in [7, 11) is 0.955. The minimum absolute atomic E-state index is 0.124. The number of amides is 1. The minimum Gasteiger partial charge on any atom is -0.373 e. The molecular weight excluding hydrogens is 205 g/mol. The van der Waals surface area contributed by atoms with Crippen LogP contribution in [0.2, 0.25) is 0 Å². The van der Waals surface area contributed by atoms with Crippen molar-refractivity contribution in [1.82, 2.24) is 5.12 Å². The molecule has 1 atom stereocenters. The Balaban J connectivity index is 2.57.